The molecule has 1 saturated heterocycles. The van der Waals surface area contributed by atoms with Crippen molar-refractivity contribution in [3.8, 4) is 0 Å². The SMILES string of the molecule is C=C1C(=O)O[C@@H]2/C=C(\C)[C@H](OC(C)=O)CC=C(COC(C)=O)C[C@@H](OC(=O)/C(C)=C/CO)[C@@H]12. The van der Waals surface area contributed by atoms with Gasteiger partial charge in [-0.15, -0.1) is 0 Å². The molecule has 9 heteroatoms. The van der Waals surface area contributed by atoms with Gasteiger partial charge in [-0.25, -0.2) is 9.59 Å². The summed E-state index contributed by atoms with van der Waals surface area (Å²) in [5.41, 5.74) is 1.61. The second-order valence-electron chi connectivity index (χ2n) is 8.03. The van der Waals surface area contributed by atoms with Crippen LogP contribution in [-0.2, 0) is 38.1 Å². The minimum Gasteiger partial charge on any atom is -0.461 e. The Morgan fingerprint density at radius 2 is 1.91 bits per heavy atom. The first kappa shape index (κ1) is 26.1. The maximum Gasteiger partial charge on any atom is 0.334 e. The molecule has 1 aliphatic heterocycles. The molecule has 1 N–H and O–H groups in total. The normalized spacial score (nSPS) is 27.4. The zero-order chi connectivity index (χ0) is 24.7. The maximum atomic E-state index is 12.6. The summed E-state index contributed by atoms with van der Waals surface area (Å²) in [5, 5.41) is 9.09. The van der Waals surface area contributed by atoms with E-state index in [0.29, 0.717) is 11.1 Å². The van der Waals surface area contributed by atoms with E-state index in [1.807, 2.05) is 0 Å². The lowest BCUT2D eigenvalue weighted by Crippen LogP contribution is -2.35. The van der Waals surface area contributed by atoms with Gasteiger partial charge in [0.15, 0.2) is 0 Å². The van der Waals surface area contributed by atoms with Gasteiger partial charge in [0, 0.05) is 37.8 Å². The van der Waals surface area contributed by atoms with Crippen molar-refractivity contribution < 1.29 is 43.2 Å². The lowest BCUT2D eigenvalue weighted by atomic mass is 9.85. The molecule has 4 atom stereocenters. The number of carbonyl (C=O) groups is 4. The Morgan fingerprint density at radius 1 is 1.21 bits per heavy atom. The third-order valence-corrected chi connectivity index (χ3v) is 5.43. The minimum absolute atomic E-state index is 0.0664. The highest BCUT2D eigenvalue weighted by molar-refractivity contribution is 5.92. The lowest BCUT2D eigenvalue weighted by molar-refractivity contribution is -0.148. The van der Waals surface area contributed by atoms with Crippen LogP contribution >= 0.6 is 0 Å². The van der Waals surface area contributed by atoms with Crippen molar-refractivity contribution >= 4 is 23.9 Å². The number of aliphatic hydroxyl groups is 1. The molecule has 2 rings (SSSR count). The van der Waals surface area contributed by atoms with E-state index >= 15 is 0 Å². The van der Waals surface area contributed by atoms with Crippen molar-refractivity contribution in [3.63, 3.8) is 0 Å². The smallest absolute Gasteiger partial charge is 0.334 e. The van der Waals surface area contributed by atoms with Crippen LogP contribution in [-0.4, -0.2) is 60.5 Å². The summed E-state index contributed by atoms with van der Waals surface area (Å²) >= 11 is 0. The largest absolute Gasteiger partial charge is 0.461 e. The Morgan fingerprint density at radius 3 is 2.52 bits per heavy atom. The van der Waals surface area contributed by atoms with Gasteiger partial charge in [-0.05, 0) is 37.1 Å². The molecule has 0 amide bonds. The van der Waals surface area contributed by atoms with Crippen molar-refractivity contribution in [1.29, 1.82) is 0 Å². The summed E-state index contributed by atoms with van der Waals surface area (Å²) in [5.74, 6) is -2.95. The predicted octanol–water partition coefficient (Wildman–Crippen LogP) is 2.10. The molecule has 1 heterocycles. The van der Waals surface area contributed by atoms with E-state index in [-0.39, 0.29) is 37.2 Å². The van der Waals surface area contributed by atoms with Crippen molar-refractivity contribution in [2.75, 3.05) is 13.2 Å². The van der Waals surface area contributed by atoms with Crippen molar-refractivity contribution in [2.45, 2.75) is 58.8 Å². The second kappa shape index (κ2) is 11.6. The van der Waals surface area contributed by atoms with Crippen LogP contribution < -0.4 is 0 Å². The number of hydrogen-bond acceptors (Lipinski definition) is 9. The van der Waals surface area contributed by atoms with Crippen molar-refractivity contribution in [3.05, 3.63) is 47.1 Å². The molecule has 0 aromatic carbocycles. The van der Waals surface area contributed by atoms with Crippen molar-refractivity contribution in [1.82, 2.24) is 0 Å². The minimum atomic E-state index is -0.861. The quantitative estimate of drug-likeness (QED) is 0.273. The molecule has 0 aromatic heterocycles. The number of rotatable bonds is 6. The van der Waals surface area contributed by atoms with Gasteiger partial charge in [0.1, 0.15) is 24.9 Å². The Labute approximate surface area is 192 Å². The maximum absolute atomic E-state index is 12.6. The highest BCUT2D eigenvalue weighted by Gasteiger charge is 2.45. The van der Waals surface area contributed by atoms with Crippen LogP contribution in [0.5, 0.6) is 0 Å². The Balaban J connectivity index is 2.50. The van der Waals surface area contributed by atoms with Crippen LogP contribution in [0.3, 0.4) is 0 Å². The van der Waals surface area contributed by atoms with Crippen LogP contribution in [0.1, 0.15) is 40.5 Å². The van der Waals surface area contributed by atoms with Gasteiger partial charge in [0.05, 0.1) is 12.5 Å². The molecule has 9 nitrogen and oxygen atoms in total. The molecule has 0 aromatic rings. The number of hydrogen-bond donors (Lipinski definition) is 1. The molecule has 2 aliphatic rings. The van der Waals surface area contributed by atoms with Crippen LogP contribution in [0.25, 0.3) is 0 Å². The standard InChI is InChI=1S/C24H30O9/c1-13(8-9-25)23(28)32-21-11-18(12-30-16(4)26)6-7-19(31-17(5)27)14(2)10-20-22(21)15(3)24(29)33-20/h6,8,10,19-22,25H,3,7,9,11-12H2,1-2,4-5H3/b13-8+,14-10+,18-6?/t19-,20-,21-,22+/m1/s1. The fraction of sp³-hybridized carbons (Fsp3) is 0.500. The highest BCUT2D eigenvalue weighted by atomic mass is 16.6. The van der Waals surface area contributed by atoms with E-state index in [1.54, 1.807) is 19.1 Å². The average Bonchev–Trinajstić information content (AvgIpc) is 3.00. The van der Waals surface area contributed by atoms with Gasteiger partial charge >= 0.3 is 23.9 Å². The predicted molar refractivity (Wildman–Crippen MR) is 116 cm³/mol. The molecule has 33 heavy (non-hydrogen) atoms. The van der Waals surface area contributed by atoms with Gasteiger partial charge in [-0.2, -0.15) is 0 Å². The first-order chi connectivity index (χ1) is 15.5. The molecule has 0 saturated carbocycles. The van der Waals surface area contributed by atoms with Crippen LogP contribution in [0.4, 0.5) is 0 Å². The second-order valence-corrected chi connectivity index (χ2v) is 8.03. The molecule has 1 fully saturated rings. The van der Waals surface area contributed by atoms with Crippen LogP contribution in [0.15, 0.2) is 47.1 Å². The van der Waals surface area contributed by atoms with Crippen molar-refractivity contribution in [2.24, 2.45) is 5.92 Å². The van der Waals surface area contributed by atoms with E-state index < -0.39 is 48.1 Å². The van der Waals surface area contributed by atoms with Gasteiger partial charge in [-0.3, -0.25) is 9.59 Å². The molecular formula is C24H30O9. The Hall–Kier alpha value is -3.20. The summed E-state index contributed by atoms with van der Waals surface area (Å²) in [6, 6.07) is 0. The molecule has 0 unspecified atom stereocenters. The van der Waals surface area contributed by atoms with Gasteiger partial charge in [-0.1, -0.05) is 12.7 Å². The lowest BCUT2D eigenvalue weighted by Gasteiger charge is -2.29. The molecule has 1 aliphatic carbocycles. The fourth-order valence-electron chi connectivity index (χ4n) is 3.69. The fourth-order valence-corrected chi connectivity index (χ4v) is 3.69. The van der Waals surface area contributed by atoms with E-state index in [9.17, 15) is 19.2 Å². The highest BCUT2D eigenvalue weighted by Crippen LogP contribution is 2.37. The van der Waals surface area contributed by atoms with Gasteiger partial charge in [0.2, 0.25) is 0 Å². The molecule has 180 valence electrons. The van der Waals surface area contributed by atoms with E-state index in [4.69, 9.17) is 24.1 Å². The zero-order valence-corrected chi connectivity index (χ0v) is 19.3. The first-order valence-corrected chi connectivity index (χ1v) is 10.6. The topological polar surface area (TPSA) is 125 Å². The molecule has 0 radical (unpaired) electrons. The monoisotopic (exact) mass is 462 g/mol. The van der Waals surface area contributed by atoms with Gasteiger partial charge in [0.25, 0.3) is 0 Å². The number of ether oxygens (including phenoxy) is 4. The first-order valence-electron chi connectivity index (χ1n) is 10.6. The van der Waals surface area contributed by atoms with E-state index in [0.717, 1.165) is 0 Å². The van der Waals surface area contributed by atoms with Crippen LogP contribution in [0, 0.1) is 5.92 Å². The Kier molecular flexibility index (Phi) is 9.16. The molecule has 0 spiro atoms. The number of carbonyl (C=O) groups excluding carboxylic acids is 4. The Bertz CT molecular complexity index is 909. The summed E-state index contributed by atoms with van der Waals surface area (Å²) in [4.78, 5) is 48.0. The van der Waals surface area contributed by atoms with Gasteiger partial charge < -0.3 is 24.1 Å². The molecule has 0 bridgehead atoms. The van der Waals surface area contributed by atoms with E-state index in [1.165, 1.54) is 26.8 Å². The molecular weight excluding hydrogens is 432 g/mol. The third kappa shape index (κ3) is 7.15. The van der Waals surface area contributed by atoms with E-state index in [2.05, 4.69) is 6.58 Å². The zero-order valence-electron chi connectivity index (χ0n) is 19.3. The number of fused-ring (bicyclic) bond motifs is 1. The summed E-state index contributed by atoms with van der Waals surface area (Å²) in [6.45, 7) is 9.26. The van der Waals surface area contributed by atoms with Crippen LogP contribution in [0.2, 0.25) is 0 Å². The summed E-state index contributed by atoms with van der Waals surface area (Å²) < 4.78 is 21.8. The number of esters is 4. The third-order valence-electron chi connectivity index (χ3n) is 5.43. The average molecular weight is 462 g/mol. The number of aliphatic hydroxyl groups excluding tert-OH is 1. The summed E-state index contributed by atoms with van der Waals surface area (Å²) in [7, 11) is 0. The summed E-state index contributed by atoms with van der Waals surface area (Å²) in [6.07, 6.45) is 2.90.